The Bertz CT molecular complexity index is 1270. The van der Waals surface area contributed by atoms with Crippen molar-refractivity contribution in [3.8, 4) is 17.1 Å². The van der Waals surface area contributed by atoms with Crippen molar-refractivity contribution in [2.75, 3.05) is 30.8 Å². The second-order valence-electron chi connectivity index (χ2n) is 7.48. The number of carbonyl (C=O) groups is 1. The molecule has 4 heterocycles. The van der Waals surface area contributed by atoms with Crippen LogP contribution in [0.15, 0.2) is 54.0 Å². The molecule has 0 saturated carbocycles. The fraction of sp³-hybridized carbons (Fsp3) is 0.217. The van der Waals surface area contributed by atoms with Gasteiger partial charge < -0.3 is 20.7 Å². The molecule has 3 aromatic heterocycles. The number of fused-ring (bicyclic) bond motifs is 1. The normalized spacial score (nSPS) is 15.6. The van der Waals surface area contributed by atoms with Gasteiger partial charge in [-0.15, -0.1) is 11.3 Å². The molecule has 4 aromatic rings. The van der Waals surface area contributed by atoms with Crippen LogP contribution in [-0.4, -0.2) is 47.1 Å². The van der Waals surface area contributed by atoms with Crippen LogP contribution in [0.5, 0.6) is 5.75 Å². The van der Waals surface area contributed by atoms with E-state index in [1.165, 1.54) is 0 Å². The molecule has 1 atom stereocenters. The van der Waals surface area contributed by atoms with E-state index in [1.54, 1.807) is 55.0 Å². The molecule has 0 bridgehead atoms. The van der Waals surface area contributed by atoms with Gasteiger partial charge in [0.1, 0.15) is 17.4 Å². The molecule has 3 N–H and O–H groups in total. The van der Waals surface area contributed by atoms with E-state index in [9.17, 15) is 4.79 Å². The van der Waals surface area contributed by atoms with Crippen molar-refractivity contribution in [2.24, 2.45) is 0 Å². The van der Waals surface area contributed by atoms with Crippen molar-refractivity contribution in [2.45, 2.75) is 12.5 Å². The van der Waals surface area contributed by atoms with Crippen molar-refractivity contribution in [1.29, 1.82) is 0 Å². The molecule has 0 unspecified atom stereocenters. The number of amides is 1. The number of benzene rings is 1. The second kappa shape index (κ2) is 8.89. The Morgan fingerprint density at radius 2 is 2.16 bits per heavy atom. The van der Waals surface area contributed by atoms with Crippen molar-refractivity contribution in [3.63, 3.8) is 0 Å². The minimum Gasteiger partial charge on any atom is -0.497 e. The Morgan fingerprint density at radius 3 is 3.00 bits per heavy atom. The average molecular weight is 447 g/mol. The summed E-state index contributed by atoms with van der Waals surface area (Å²) in [5, 5.41) is 11.8. The van der Waals surface area contributed by atoms with Gasteiger partial charge in [0.15, 0.2) is 5.82 Å². The lowest BCUT2D eigenvalue weighted by Crippen LogP contribution is -2.22. The molecular formula is C23H22N6O2S. The minimum atomic E-state index is -0.265. The summed E-state index contributed by atoms with van der Waals surface area (Å²) >= 11 is 1.63. The van der Waals surface area contributed by atoms with E-state index >= 15 is 0 Å². The highest BCUT2D eigenvalue weighted by Crippen LogP contribution is 2.30. The van der Waals surface area contributed by atoms with E-state index in [1.807, 2.05) is 17.5 Å². The van der Waals surface area contributed by atoms with Crippen LogP contribution in [-0.2, 0) is 0 Å². The number of pyridine rings is 1. The summed E-state index contributed by atoms with van der Waals surface area (Å²) in [5.74, 6) is 2.21. The molecule has 1 aliphatic rings. The summed E-state index contributed by atoms with van der Waals surface area (Å²) in [4.78, 5) is 26.5. The topological polar surface area (TPSA) is 101 Å². The third-order valence-corrected chi connectivity index (χ3v) is 6.21. The smallest absolute Gasteiger partial charge is 0.256 e. The second-order valence-corrected chi connectivity index (χ2v) is 8.40. The van der Waals surface area contributed by atoms with E-state index in [2.05, 4.69) is 20.9 Å². The number of rotatable bonds is 6. The highest BCUT2D eigenvalue weighted by Gasteiger charge is 2.18. The van der Waals surface area contributed by atoms with Crippen LogP contribution in [0.2, 0.25) is 0 Å². The molecule has 1 aromatic carbocycles. The van der Waals surface area contributed by atoms with Gasteiger partial charge in [0.25, 0.3) is 5.91 Å². The molecule has 0 radical (unpaired) electrons. The molecule has 1 saturated heterocycles. The van der Waals surface area contributed by atoms with Gasteiger partial charge in [-0.05, 0) is 54.7 Å². The maximum atomic E-state index is 12.7. The van der Waals surface area contributed by atoms with Gasteiger partial charge in [0.05, 0.1) is 17.3 Å². The molecule has 0 aliphatic carbocycles. The molecule has 0 spiro atoms. The van der Waals surface area contributed by atoms with E-state index < -0.39 is 0 Å². The molecule has 162 valence electrons. The number of nitrogens with one attached hydrogen (secondary N) is 3. The van der Waals surface area contributed by atoms with Crippen LogP contribution in [0.1, 0.15) is 16.8 Å². The van der Waals surface area contributed by atoms with Crippen LogP contribution in [0.25, 0.3) is 21.6 Å². The zero-order valence-electron chi connectivity index (χ0n) is 17.5. The Balaban J connectivity index is 1.43. The molecule has 1 aliphatic heterocycles. The molecule has 8 nitrogen and oxygen atoms in total. The van der Waals surface area contributed by atoms with Crippen LogP contribution in [0.4, 0.5) is 11.6 Å². The quantitative estimate of drug-likeness (QED) is 0.414. The largest absolute Gasteiger partial charge is 0.497 e. The molecule has 32 heavy (non-hydrogen) atoms. The summed E-state index contributed by atoms with van der Waals surface area (Å²) in [6.07, 6.45) is 2.70. The summed E-state index contributed by atoms with van der Waals surface area (Å²) in [6.45, 7) is 1.92. The lowest BCUT2D eigenvalue weighted by molar-refractivity contribution is 0.102. The standard InChI is InChI=1S/C23H22N6O2S/c1-31-17-4-2-3-15(11-17)23(30)28-19-12-14(5-9-25-19)21-27-18-7-10-32-20(18)22(29-21)26-16-6-8-24-13-16/h2-5,7,9-12,16,24H,6,8,13H2,1H3,(H,25,28,30)(H,26,27,29)/t16-/m1/s1. The first-order chi connectivity index (χ1) is 15.7. The summed E-state index contributed by atoms with van der Waals surface area (Å²) in [5.41, 5.74) is 2.16. The van der Waals surface area contributed by atoms with Crippen molar-refractivity contribution in [3.05, 3.63) is 59.6 Å². The Morgan fingerprint density at radius 1 is 1.22 bits per heavy atom. The first-order valence-electron chi connectivity index (χ1n) is 10.3. The van der Waals surface area contributed by atoms with Crippen LogP contribution >= 0.6 is 11.3 Å². The fourth-order valence-corrected chi connectivity index (χ4v) is 4.44. The molecule has 1 fully saturated rings. The molecule has 9 heteroatoms. The van der Waals surface area contributed by atoms with Gasteiger partial charge >= 0.3 is 0 Å². The highest BCUT2D eigenvalue weighted by molar-refractivity contribution is 7.17. The number of anilines is 2. The first-order valence-corrected chi connectivity index (χ1v) is 11.2. The summed E-state index contributed by atoms with van der Waals surface area (Å²) < 4.78 is 6.24. The monoisotopic (exact) mass is 446 g/mol. The van der Waals surface area contributed by atoms with Gasteiger partial charge in [-0.1, -0.05) is 6.07 Å². The maximum Gasteiger partial charge on any atom is 0.256 e. The summed E-state index contributed by atoms with van der Waals surface area (Å²) in [6, 6.07) is 12.9. The first kappa shape index (κ1) is 20.3. The Hall–Kier alpha value is -3.56. The van der Waals surface area contributed by atoms with E-state index in [0.717, 1.165) is 41.1 Å². The fourth-order valence-electron chi connectivity index (χ4n) is 3.65. The van der Waals surface area contributed by atoms with Crippen molar-refractivity contribution < 1.29 is 9.53 Å². The van der Waals surface area contributed by atoms with Crippen molar-refractivity contribution in [1.82, 2.24) is 20.3 Å². The van der Waals surface area contributed by atoms with Gasteiger partial charge in [0.2, 0.25) is 0 Å². The number of hydrogen-bond donors (Lipinski definition) is 3. The zero-order valence-corrected chi connectivity index (χ0v) is 18.3. The number of carbonyl (C=O) groups excluding carboxylic acids is 1. The van der Waals surface area contributed by atoms with Crippen LogP contribution in [0, 0.1) is 0 Å². The number of ether oxygens (including phenoxy) is 1. The van der Waals surface area contributed by atoms with E-state index in [0.29, 0.717) is 29.0 Å². The molecule has 5 rings (SSSR count). The number of aromatic nitrogens is 3. The van der Waals surface area contributed by atoms with Crippen molar-refractivity contribution >= 4 is 39.1 Å². The number of hydrogen-bond acceptors (Lipinski definition) is 8. The lowest BCUT2D eigenvalue weighted by Gasteiger charge is -2.14. The third-order valence-electron chi connectivity index (χ3n) is 5.30. The van der Waals surface area contributed by atoms with Gasteiger partial charge in [0, 0.05) is 29.9 Å². The molecular weight excluding hydrogens is 424 g/mol. The van der Waals surface area contributed by atoms with Gasteiger partial charge in [-0.25, -0.2) is 15.0 Å². The van der Waals surface area contributed by atoms with Crippen LogP contribution < -0.4 is 20.7 Å². The maximum absolute atomic E-state index is 12.7. The number of thiophene rings is 1. The lowest BCUT2D eigenvalue weighted by atomic mass is 10.2. The van der Waals surface area contributed by atoms with E-state index in [-0.39, 0.29) is 5.91 Å². The molecule has 1 amide bonds. The van der Waals surface area contributed by atoms with E-state index in [4.69, 9.17) is 14.7 Å². The van der Waals surface area contributed by atoms with Crippen LogP contribution in [0.3, 0.4) is 0 Å². The SMILES string of the molecule is COc1cccc(C(=O)Nc2cc(-c3nc(N[C@@H]4CCNC4)c4sccc4n3)ccn2)c1. The van der Waals surface area contributed by atoms with Gasteiger partial charge in [-0.2, -0.15) is 0 Å². The Labute approximate surface area is 189 Å². The predicted octanol–water partition coefficient (Wildman–Crippen LogP) is 3.79. The average Bonchev–Trinajstić information content (AvgIpc) is 3.51. The minimum absolute atomic E-state index is 0.265. The highest BCUT2D eigenvalue weighted by atomic mass is 32.1. The number of methoxy groups -OCH3 is 1. The summed E-state index contributed by atoms with van der Waals surface area (Å²) in [7, 11) is 1.57. The predicted molar refractivity (Wildman–Crippen MR) is 126 cm³/mol. The third kappa shape index (κ3) is 4.25. The number of nitrogens with zero attached hydrogens (tertiary/aromatic N) is 3. The van der Waals surface area contributed by atoms with Gasteiger partial charge in [-0.3, -0.25) is 4.79 Å². The Kier molecular flexibility index (Phi) is 5.66. The zero-order chi connectivity index (χ0) is 21.9.